The summed E-state index contributed by atoms with van der Waals surface area (Å²) in [6.07, 6.45) is 3.79. The molecule has 0 amide bonds. The summed E-state index contributed by atoms with van der Waals surface area (Å²) in [7, 11) is 4.05. The van der Waals surface area contributed by atoms with Crippen LogP contribution in [0.4, 0.5) is 0 Å². The monoisotopic (exact) mass is 382 g/mol. The lowest BCUT2D eigenvalue weighted by Crippen LogP contribution is -2.42. The van der Waals surface area contributed by atoms with Gasteiger partial charge in [-0.2, -0.15) is 0 Å². The molecule has 1 heterocycles. The van der Waals surface area contributed by atoms with Gasteiger partial charge >= 0.3 is 0 Å². The smallest absolute Gasteiger partial charge is 0.190 e. The molecule has 1 aliphatic heterocycles. The van der Waals surface area contributed by atoms with Gasteiger partial charge in [-0.25, -0.2) is 0 Å². The van der Waals surface area contributed by atoms with Crippen LogP contribution in [0.5, 0.6) is 0 Å². The summed E-state index contributed by atoms with van der Waals surface area (Å²) in [5.41, 5.74) is 0. The van der Waals surface area contributed by atoms with E-state index in [1.54, 1.807) is 0 Å². The van der Waals surface area contributed by atoms with Gasteiger partial charge in [0.05, 0.1) is 0 Å². The number of nitrogens with zero attached hydrogens (tertiary/aromatic N) is 2. The van der Waals surface area contributed by atoms with E-state index < -0.39 is 0 Å². The first-order valence-corrected chi connectivity index (χ1v) is 7.25. The first kappa shape index (κ1) is 19.0. The van der Waals surface area contributed by atoms with Crippen molar-refractivity contribution < 1.29 is 0 Å². The first-order valence-electron chi connectivity index (χ1n) is 7.25. The number of rotatable bonds is 5. The maximum atomic E-state index is 4.27. The molecule has 2 N–H and O–H groups in total. The third kappa shape index (κ3) is 8.68. The van der Waals surface area contributed by atoms with Gasteiger partial charge in [-0.3, -0.25) is 4.99 Å². The van der Waals surface area contributed by atoms with Gasteiger partial charge in [-0.1, -0.05) is 13.8 Å². The fourth-order valence-electron chi connectivity index (χ4n) is 2.21. The second-order valence-corrected chi connectivity index (χ2v) is 5.81. The number of hydrogen-bond donors (Lipinski definition) is 2. The summed E-state index contributed by atoms with van der Waals surface area (Å²) in [5, 5.41) is 6.83. The van der Waals surface area contributed by atoms with Crippen molar-refractivity contribution in [1.29, 1.82) is 0 Å². The van der Waals surface area contributed by atoms with Crippen LogP contribution in [0.15, 0.2) is 4.99 Å². The Labute approximate surface area is 135 Å². The highest BCUT2D eigenvalue weighted by Gasteiger charge is 2.16. The maximum absolute atomic E-state index is 4.27. The largest absolute Gasteiger partial charge is 0.356 e. The van der Waals surface area contributed by atoms with Crippen LogP contribution in [-0.4, -0.2) is 51.1 Å². The minimum Gasteiger partial charge on any atom is -0.356 e. The third-order valence-electron chi connectivity index (χ3n) is 3.63. The summed E-state index contributed by atoms with van der Waals surface area (Å²) in [5.74, 6) is 2.49. The van der Waals surface area contributed by atoms with E-state index in [4.69, 9.17) is 0 Å². The predicted octanol–water partition coefficient (Wildman–Crippen LogP) is 2.16. The molecule has 0 radical (unpaired) electrons. The van der Waals surface area contributed by atoms with Crippen LogP contribution in [0.1, 0.15) is 33.1 Å². The molecule has 1 aliphatic rings. The van der Waals surface area contributed by atoms with Crippen LogP contribution < -0.4 is 10.6 Å². The zero-order valence-corrected chi connectivity index (χ0v) is 15.2. The summed E-state index contributed by atoms with van der Waals surface area (Å²) in [6.45, 7) is 9.00. The highest BCUT2D eigenvalue weighted by atomic mass is 127. The Balaban J connectivity index is 0.00000324. The molecule has 114 valence electrons. The maximum Gasteiger partial charge on any atom is 0.190 e. The standard InChI is InChI=1S/C14H30N4.HI/c1-12(2)5-8-16-14(15-3)17-11-13-6-9-18(4)10-7-13;/h12-13H,5-11H2,1-4H3,(H2,15,16,17);1H. The van der Waals surface area contributed by atoms with Crippen LogP contribution in [0.3, 0.4) is 0 Å². The Kier molecular flexibility index (Phi) is 10.7. The first-order chi connectivity index (χ1) is 8.61. The van der Waals surface area contributed by atoms with E-state index >= 15 is 0 Å². The lowest BCUT2D eigenvalue weighted by Gasteiger charge is -2.29. The van der Waals surface area contributed by atoms with E-state index in [1.165, 1.54) is 32.4 Å². The van der Waals surface area contributed by atoms with Crippen molar-refractivity contribution in [1.82, 2.24) is 15.5 Å². The quantitative estimate of drug-likeness (QED) is 0.435. The summed E-state index contributed by atoms with van der Waals surface area (Å²) in [4.78, 5) is 6.68. The second kappa shape index (κ2) is 10.7. The summed E-state index contributed by atoms with van der Waals surface area (Å²) < 4.78 is 0. The fourth-order valence-corrected chi connectivity index (χ4v) is 2.21. The minimum atomic E-state index is 0. The van der Waals surface area contributed by atoms with Gasteiger partial charge in [-0.05, 0) is 51.2 Å². The molecule has 19 heavy (non-hydrogen) atoms. The van der Waals surface area contributed by atoms with E-state index in [9.17, 15) is 0 Å². The molecule has 0 bridgehead atoms. The van der Waals surface area contributed by atoms with Crippen molar-refractivity contribution >= 4 is 29.9 Å². The summed E-state index contributed by atoms with van der Waals surface area (Å²) >= 11 is 0. The van der Waals surface area contributed by atoms with E-state index in [-0.39, 0.29) is 24.0 Å². The molecule has 0 aromatic carbocycles. The molecule has 0 aromatic heterocycles. The Morgan fingerprint density at radius 2 is 1.89 bits per heavy atom. The van der Waals surface area contributed by atoms with E-state index in [2.05, 4.69) is 41.4 Å². The lowest BCUT2D eigenvalue weighted by atomic mass is 9.97. The second-order valence-electron chi connectivity index (χ2n) is 5.81. The number of piperidine rings is 1. The highest BCUT2D eigenvalue weighted by molar-refractivity contribution is 14.0. The fraction of sp³-hybridized carbons (Fsp3) is 0.929. The Bertz CT molecular complexity index is 248. The Hall–Kier alpha value is -0.0400. The predicted molar refractivity (Wildman–Crippen MR) is 94.5 cm³/mol. The van der Waals surface area contributed by atoms with Crippen LogP contribution in [0.25, 0.3) is 0 Å². The van der Waals surface area contributed by atoms with Crippen LogP contribution in [0, 0.1) is 11.8 Å². The summed E-state index contributed by atoms with van der Waals surface area (Å²) in [6, 6.07) is 0. The number of nitrogens with one attached hydrogen (secondary N) is 2. The average Bonchev–Trinajstić information content (AvgIpc) is 2.35. The number of likely N-dealkylation sites (tertiary alicyclic amines) is 1. The zero-order valence-electron chi connectivity index (χ0n) is 12.9. The van der Waals surface area contributed by atoms with E-state index in [0.29, 0.717) is 0 Å². The molecule has 1 rings (SSSR count). The van der Waals surface area contributed by atoms with Gasteiger partial charge in [0.15, 0.2) is 5.96 Å². The molecule has 0 saturated carbocycles. The molecular formula is C14H31IN4. The lowest BCUT2D eigenvalue weighted by molar-refractivity contribution is 0.220. The molecule has 0 atom stereocenters. The van der Waals surface area contributed by atoms with Crippen molar-refractivity contribution in [3.05, 3.63) is 0 Å². The third-order valence-corrected chi connectivity index (χ3v) is 3.63. The molecule has 0 spiro atoms. The van der Waals surface area contributed by atoms with Crippen LogP contribution >= 0.6 is 24.0 Å². The number of hydrogen-bond acceptors (Lipinski definition) is 2. The number of guanidine groups is 1. The number of aliphatic imine (C=N–C) groups is 1. The van der Waals surface area contributed by atoms with Crippen LogP contribution in [0.2, 0.25) is 0 Å². The molecule has 0 aliphatic carbocycles. The highest BCUT2D eigenvalue weighted by Crippen LogP contribution is 2.14. The molecule has 1 saturated heterocycles. The Morgan fingerprint density at radius 3 is 2.42 bits per heavy atom. The van der Waals surface area contributed by atoms with Gasteiger partial charge in [0, 0.05) is 20.1 Å². The average molecular weight is 382 g/mol. The van der Waals surface area contributed by atoms with Crippen molar-refractivity contribution in [3.8, 4) is 0 Å². The Morgan fingerprint density at radius 1 is 1.26 bits per heavy atom. The van der Waals surface area contributed by atoms with Crippen molar-refractivity contribution in [2.75, 3.05) is 40.3 Å². The van der Waals surface area contributed by atoms with Gasteiger partial charge in [0.25, 0.3) is 0 Å². The SMILES string of the molecule is CN=C(NCCC(C)C)NCC1CCN(C)CC1.I. The van der Waals surface area contributed by atoms with Crippen molar-refractivity contribution in [2.45, 2.75) is 33.1 Å². The van der Waals surface area contributed by atoms with Crippen molar-refractivity contribution in [3.63, 3.8) is 0 Å². The molecule has 0 aromatic rings. The van der Waals surface area contributed by atoms with E-state index in [1.807, 2.05) is 7.05 Å². The molecule has 0 unspecified atom stereocenters. The van der Waals surface area contributed by atoms with Gasteiger partial charge < -0.3 is 15.5 Å². The van der Waals surface area contributed by atoms with Crippen molar-refractivity contribution in [2.24, 2.45) is 16.8 Å². The molecular weight excluding hydrogens is 351 g/mol. The van der Waals surface area contributed by atoms with Crippen LogP contribution in [-0.2, 0) is 0 Å². The van der Waals surface area contributed by atoms with Gasteiger partial charge in [0.1, 0.15) is 0 Å². The zero-order chi connectivity index (χ0) is 13.4. The minimum absolute atomic E-state index is 0. The van der Waals surface area contributed by atoms with Gasteiger partial charge in [0.2, 0.25) is 0 Å². The topological polar surface area (TPSA) is 39.7 Å². The molecule has 5 heteroatoms. The van der Waals surface area contributed by atoms with E-state index in [0.717, 1.165) is 30.9 Å². The normalized spacial score (nSPS) is 18.3. The number of halogens is 1. The molecule has 4 nitrogen and oxygen atoms in total. The van der Waals surface area contributed by atoms with Gasteiger partial charge in [-0.15, -0.1) is 24.0 Å². The molecule has 1 fully saturated rings.